The fourth-order valence-corrected chi connectivity index (χ4v) is 5.28. The van der Waals surface area contributed by atoms with E-state index in [2.05, 4.69) is 17.4 Å². The van der Waals surface area contributed by atoms with E-state index in [-0.39, 0.29) is 35.3 Å². The van der Waals surface area contributed by atoms with Crippen molar-refractivity contribution in [3.05, 3.63) is 42.0 Å². The summed E-state index contributed by atoms with van der Waals surface area (Å²) in [6.45, 7) is 8.08. The lowest BCUT2D eigenvalue weighted by atomic mass is 9.76. The van der Waals surface area contributed by atoms with E-state index in [9.17, 15) is 18.5 Å². The van der Waals surface area contributed by atoms with Crippen LogP contribution in [0.2, 0.25) is 0 Å². The van der Waals surface area contributed by atoms with Gasteiger partial charge >= 0.3 is 5.97 Å². The Labute approximate surface area is 204 Å². The molecule has 186 valence electrons. The molecule has 0 bridgehead atoms. The maximum Gasteiger partial charge on any atom is 0.306 e. The number of ether oxygens (including phenoxy) is 1. The van der Waals surface area contributed by atoms with Gasteiger partial charge in [0.15, 0.2) is 0 Å². The van der Waals surface area contributed by atoms with Gasteiger partial charge in [-0.15, -0.1) is 0 Å². The number of esters is 1. The monoisotopic (exact) mass is 487 g/mol. The third kappa shape index (κ3) is 7.44. The topological polar surface area (TPSA) is 99.5 Å². The van der Waals surface area contributed by atoms with Gasteiger partial charge < -0.3 is 9.64 Å². The van der Waals surface area contributed by atoms with Gasteiger partial charge in [0.2, 0.25) is 10.0 Å². The van der Waals surface area contributed by atoms with E-state index in [1.165, 1.54) is 0 Å². The van der Waals surface area contributed by atoms with Crippen LogP contribution in [0.25, 0.3) is 11.8 Å². The Balaban J connectivity index is 1.87. The third-order valence-corrected chi connectivity index (χ3v) is 7.76. The average molecular weight is 488 g/mol. The van der Waals surface area contributed by atoms with Crippen molar-refractivity contribution in [3.63, 3.8) is 0 Å². The number of nitrogens with one attached hydrogen (secondary N) is 1. The minimum absolute atomic E-state index is 0.123. The van der Waals surface area contributed by atoms with Crippen LogP contribution in [-0.4, -0.2) is 46.0 Å². The quantitative estimate of drug-likeness (QED) is 0.358. The van der Waals surface area contributed by atoms with Gasteiger partial charge in [-0.1, -0.05) is 30.9 Å². The number of sulfonamides is 1. The summed E-state index contributed by atoms with van der Waals surface area (Å²) in [5, 5.41) is 9.20. The normalized spacial score (nSPS) is 20.6. The molecule has 1 aromatic carbocycles. The summed E-state index contributed by atoms with van der Waals surface area (Å²) in [4.78, 5) is 14.2. The predicted molar refractivity (Wildman–Crippen MR) is 135 cm³/mol. The fourth-order valence-electron chi connectivity index (χ4n) is 3.99. The molecule has 34 heavy (non-hydrogen) atoms. The molecular formula is C26H37N3O4S. The van der Waals surface area contributed by atoms with Crippen LogP contribution in [0.5, 0.6) is 0 Å². The summed E-state index contributed by atoms with van der Waals surface area (Å²) < 4.78 is 34.2. The zero-order valence-electron chi connectivity index (χ0n) is 20.8. The molecule has 0 amide bonds. The van der Waals surface area contributed by atoms with Crippen LogP contribution in [0.15, 0.2) is 35.7 Å². The minimum atomic E-state index is -3.74. The van der Waals surface area contributed by atoms with Crippen LogP contribution < -0.4 is 4.72 Å². The zero-order valence-corrected chi connectivity index (χ0v) is 21.6. The van der Waals surface area contributed by atoms with E-state index >= 15 is 0 Å². The van der Waals surface area contributed by atoms with E-state index in [4.69, 9.17) is 4.74 Å². The molecule has 1 saturated carbocycles. The molecule has 0 spiro atoms. The highest BCUT2D eigenvalue weighted by atomic mass is 32.2. The molecule has 1 fully saturated rings. The Bertz CT molecular complexity index is 1050. The Morgan fingerprint density at radius 3 is 2.59 bits per heavy atom. The molecule has 0 aromatic heterocycles. The Hall–Kier alpha value is -2.63. The molecule has 8 heteroatoms. The maximum atomic E-state index is 13.0. The highest BCUT2D eigenvalue weighted by molar-refractivity contribution is 7.89. The van der Waals surface area contributed by atoms with Gasteiger partial charge in [0.25, 0.3) is 0 Å². The van der Waals surface area contributed by atoms with Crippen LogP contribution in [0.4, 0.5) is 0 Å². The molecule has 2 rings (SSSR count). The molecule has 1 aliphatic rings. The van der Waals surface area contributed by atoms with Gasteiger partial charge in [-0.3, -0.25) is 4.79 Å². The second-order valence-corrected chi connectivity index (χ2v) is 11.0. The van der Waals surface area contributed by atoms with Crippen LogP contribution in [0, 0.1) is 16.7 Å². The number of unbranched alkanes of at least 4 members (excludes halogenated alkanes) is 1. The molecular weight excluding hydrogens is 450 g/mol. The van der Waals surface area contributed by atoms with E-state index in [0.29, 0.717) is 31.2 Å². The number of hydrogen-bond donors (Lipinski definition) is 1. The van der Waals surface area contributed by atoms with Crippen molar-refractivity contribution in [1.82, 2.24) is 9.62 Å². The number of carbonyl (C=O) groups excluding carboxylic acids is 1. The van der Waals surface area contributed by atoms with Crippen LogP contribution >= 0.6 is 0 Å². The van der Waals surface area contributed by atoms with E-state index in [0.717, 1.165) is 24.1 Å². The first-order valence-electron chi connectivity index (χ1n) is 11.8. The van der Waals surface area contributed by atoms with Crippen LogP contribution in [0.3, 0.4) is 0 Å². The zero-order chi connectivity index (χ0) is 25.4. The maximum absolute atomic E-state index is 13.0. The van der Waals surface area contributed by atoms with Crippen molar-refractivity contribution in [1.29, 1.82) is 5.26 Å². The molecule has 1 aliphatic carbocycles. The molecule has 0 atom stereocenters. The minimum Gasteiger partial charge on any atom is -0.462 e. The number of nitrogens with zero attached hydrogens (tertiary/aromatic N) is 2. The highest BCUT2D eigenvalue weighted by Crippen LogP contribution is 2.36. The molecule has 7 nitrogen and oxygen atoms in total. The average Bonchev–Trinajstić information content (AvgIpc) is 2.80. The van der Waals surface area contributed by atoms with Gasteiger partial charge in [0.1, 0.15) is 6.10 Å². The van der Waals surface area contributed by atoms with Gasteiger partial charge in [-0.25, -0.2) is 13.1 Å². The number of allylic oxidation sites excluding steroid dienone is 1. The largest absolute Gasteiger partial charge is 0.462 e. The fraction of sp³-hybridized carbons (Fsp3) is 0.538. The number of benzene rings is 1. The first-order chi connectivity index (χ1) is 16.0. The Kier molecular flexibility index (Phi) is 9.90. The molecule has 0 unspecified atom stereocenters. The number of nitriles is 1. The Morgan fingerprint density at radius 2 is 2.00 bits per heavy atom. The lowest BCUT2D eigenvalue weighted by Gasteiger charge is -2.31. The van der Waals surface area contributed by atoms with E-state index in [1.54, 1.807) is 24.3 Å². The summed E-state index contributed by atoms with van der Waals surface area (Å²) in [5.41, 5.74) is 1.76. The van der Waals surface area contributed by atoms with Crippen molar-refractivity contribution in [3.8, 4) is 6.07 Å². The smallest absolute Gasteiger partial charge is 0.306 e. The predicted octanol–water partition coefficient (Wildman–Crippen LogP) is 4.72. The van der Waals surface area contributed by atoms with Gasteiger partial charge in [0.05, 0.1) is 16.4 Å². The first kappa shape index (κ1) is 27.6. The van der Waals surface area contributed by atoms with Gasteiger partial charge in [0, 0.05) is 43.9 Å². The van der Waals surface area contributed by atoms with Gasteiger partial charge in [-0.2, -0.15) is 5.26 Å². The van der Waals surface area contributed by atoms with Crippen molar-refractivity contribution in [2.24, 2.45) is 5.41 Å². The van der Waals surface area contributed by atoms with E-state index < -0.39 is 10.0 Å². The van der Waals surface area contributed by atoms with Crippen molar-refractivity contribution in [2.75, 3.05) is 20.6 Å². The summed E-state index contributed by atoms with van der Waals surface area (Å²) in [7, 11) is -0.00557. The number of carbonyl (C=O) groups is 1. The van der Waals surface area contributed by atoms with Crippen molar-refractivity contribution >= 4 is 27.8 Å². The number of rotatable bonds is 11. The van der Waals surface area contributed by atoms with Crippen molar-refractivity contribution in [2.45, 2.75) is 69.8 Å². The summed E-state index contributed by atoms with van der Waals surface area (Å²) >= 11 is 0. The Morgan fingerprint density at radius 1 is 1.32 bits per heavy atom. The molecule has 0 radical (unpaired) electrons. The highest BCUT2D eigenvalue weighted by Gasteiger charge is 2.32. The SMILES string of the molecule is C=C(c1cccc(S(=O)(=O)NCCCCC(=O)OC2CCC(C)(C#N)CC2)c1/C=C\C)N(C)C. The molecule has 1 aromatic rings. The number of hydrogen-bond acceptors (Lipinski definition) is 6. The van der Waals surface area contributed by atoms with Crippen molar-refractivity contribution < 1.29 is 17.9 Å². The van der Waals surface area contributed by atoms with Crippen LogP contribution in [-0.2, 0) is 19.6 Å². The standard InChI is InChI=1S/C26H37N3O4S/c1-6-10-23-22(20(2)29(4)5)11-9-12-24(23)34(31,32)28-18-8-7-13-25(30)33-21-14-16-26(3,19-27)17-15-21/h6,9-12,21,28H,2,7-8,13-18H2,1,3-5H3/b10-6-. The second-order valence-electron chi connectivity index (χ2n) is 9.28. The third-order valence-electron chi connectivity index (χ3n) is 6.24. The lowest BCUT2D eigenvalue weighted by Crippen LogP contribution is -2.29. The molecule has 1 N–H and O–H groups in total. The lowest BCUT2D eigenvalue weighted by molar-refractivity contribution is -0.151. The van der Waals surface area contributed by atoms with Gasteiger partial charge in [-0.05, 0) is 58.4 Å². The molecule has 0 saturated heterocycles. The van der Waals surface area contributed by atoms with E-state index in [1.807, 2.05) is 38.9 Å². The molecule has 0 heterocycles. The summed E-state index contributed by atoms with van der Waals surface area (Å²) in [6, 6.07) is 7.50. The second kappa shape index (κ2) is 12.2. The summed E-state index contributed by atoms with van der Waals surface area (Å²) in [6.07, 6.45) is 7.66. The first-order valence-corrected chi connectivity index (χ1v) is 13.2. The van der Waals surface area contributed by atoms with Crippen LogP contribution in [0.1, 0.15) is 69.9 Å². The summed E-state index contributed by atoms with van der Waals surface area (Å²) in [5.74, 6) is -0.265. The molecule has 0 aliphatic heterocycles.